The van der Waals surface area contributed by atoms with Gasteiger partial charge in [-0.2, -0.15) is 5.10 Å². The normalized spacial score (nSPS) is 19.6. The molecule has 1 heterocycles. The Bertz CT molecular complexity index is 699. The summed E-state index contributed by atoms with van der Waals surface area (Å²) in [4.78, 5) is 15.9. The Balaban J connectivity index is 1.98. The number of benzene rings is 1. The summed E-state index contributed by atoms with van der Waals surface area (Å²) in [5.74, 6) is -0.349. The Labute approximate surface area is 144 Å². The van der Waals surface area contributed by atoms with Crippen LogP contribution in [0.3, 0.4) is 0 Å². The Morgan fingerprint density at radius 3 is 2.60 bits per heavy atom. The van der Waals surface area contributed by atoms with Crippen molar-refractivity contribution < 1.29 is 25.2 Å². The summed E-state index contributed by atoms with van der Waals surface area (Å²) in [6, 6.07) is 7.55. The molecule has 1 aliphatic rings. The third-order valence-electron chi connectivity index (χ3n) is 3.41. The van der Waals surface area contributed by atoms with Crippen molar-refractivity contribution in [3.05, 3.63) is 41.1 Å². The van der Waals surface area contributed by atoms with E-state index >= 15 is 0 Å². The molecule has 0 fully saturated rings. The topological polar surface area (TPSA) is 147 Å². The van der Waals surface area contributed by atoms with E-state index < -0.39 is 30.8 Å². The summed E-state index contributed by atoms with van der Waals surface area (Å²) >= 11 is 0. The fraction of sp³-hybridized carbons (Fsp3) is 0.312. The van der Waals surface area contributed by atoms with Crippen LogP contribution in [0.4, 0.5) is 0 Å². The summed E-state index contributed by atoms with van der Waals surface area (Å²) < 4.78 is 0. The Kier molecular flexibility index (Phi) is 6.37. The highest BCUT2D eigenvalue weighted by atomic mass is 16.4. The van der Waals surface area contributed by atoms with Gasteiger partial charge in [-0.3, -0.25) is 10.1 Å². The predicted molar refractivity (Wildman–Crippen MR) is 91.5 cm³/mol. The summed E-state index contributed by atoms with van der Waals surface area (Å²) in [5.41, 5.74) is 4.53. The second-order valence-electron chi connectivity index (χ2n) is 5.48. The van der Waals surface area contributed by atoms with Crippen molar-refractivity contribution in [3.63, 3.8) is 0 Å². The van der Waals surface area contributed by atoms with Crippen LogP contribution in [0, 0.1) is 6.92 Å². The van der Waals surface area contributed by atoms with E-state index in [2.05, 4.69) is 20.8 Å². The van der Waals surface area contributed by atoms with Gasteiger partial charge in [0.2, 0.25) is 5.96 Å². The average Bonchev–Trinajstić information content (AvgIpc) is 2.94. The number of rotatable bonds is 6. The van der Waals surface area contributed by atoms with Gasteiger partial charge in [-0.15, -0.1) is 0 Å². The molecule has 3 atom stereocenters. The number of hydrogen-bond acceptors (Lipinski definition) is 8. The number of nitrogens with one attached hydrogen (secondary N) is 2. The van der Waals surface area contributed by atoms with Crippen LogP contribution in [0.15, 0.2) is 40.1 Å². The molecule has 134 valence electrons. The number of carbonyl (C=O) groups excluding carboxylic acids is 1. The molecule has 1 aromatic rings. The first kappa shape index (κ1) is 18.7. The van der Waals surface area contributed by atoms with Crippen LogP contribution < -0.4 is 10.7 Å². The lowest BCUT2D eigenvalue weighted by atomic mass is 10.1. The van der Waals surface area contributed by atoms with Crippen LogP contribution in [-0.2, 0) is 4.79 Å². The Morgan fingerprint density at radius 2 is 1.96 bits per heavy atom. The van der Waals surface area contributed by atoms with Crippen LogP contribution in [0.5, 0.6) is 0 Å². The number of carbonyl (C=O) groups is 1. The zero-order valence-electron chi connectivity index (χ0n) is 13.5. The largest absolute Gasteiger partial charge is 0.394 e. The zero-order valence-corrected chi connectivity index (χ0v) is 13.5. The van der Waals surface area contributed by atoms with E-state index in [1.165, 1.54) is 0 Å². The molecule has 0 spiro atoms. The van der Waals surface area contributed by atoms with Gasteiger partial charge in [0.05, 0.1) is 12.8 Å². The standard InChI is InChI=1S/C16H20N4O5/c1-9-2-4-10(5-3-9)6-11-15(25)19-16(18-11)20-17-7-12(22)14(24)13(23)8-21/h2-7,12-14,21-24H,8H2,1H3,(H2,18,19,20,25)/b11-6-,17-7?/t12-,13-,14+/m0/s1. The minimum absolute atomic E-state index is 0.0593. The lowest BCUT2D eigenvalue weighted by Crippen LogP contribution is -2.41. The predicted octanol–water partition coefficient (Wildman–Crippen LogP) is -1.53. The van der Waals surface area contributed by atoms with E-state index in [9.17, 15) is 20.1 Å². The number of hydrazone groups is 1. The smallest absolute Gasteiger partial charge is 0.276 e. The summed E-state index contributed by atoms with van der Waals surface area (Å²) in [5, 5.41) is 43.0. The molecule has 2 rings (SSSR count). The monoisotopic (exact) mass is 348 g/mol. The summed E-state index contributed by atoms with van der Waals surface area (Å²) in [6.07, 6.45) is -2.06. The van der Waals surface area contributed by atoms with Crippen LogP contribution in [0.2, 0.25) is 0 Å². The number of amides is 1. The summed E-state index contributed by atoms with van der Waals surface area (Å²) in [7, 11) is 0. The Morgan fingerprint density at radius 1 is 1.28 bits per heavy atom. The van der Waals surface area contributed by atoms with Gasteiger partial charge in [-0.1, -0.05) is 29.8 Å². The number of nitrogens with zero attached hydrogens (tertiary/aromatic N) is 2. The number of guanidine groups is 1. The van der Waals surface area contributed by atoms with Crippen molar-refractivity contribution >= 4 is 24.2 Å². The number of aliphatic hydroxyl groups is 4. The highest BCUT2D eigenvalue weighted by Crippen LogP contribution is 2.12. The molecule has 0 aliphatic carbocycles. The third kappa shape index (κ3) is 5.19. The molecule has 9 nitrogen and oxygen atoms in total. The van der Waals surface area contributed by atoms with Crippen molar-refractivity contribution in [2.75, 3.05) is 6.61 Å². The number of hydrogen-bond donors (Lipinski definition) is 6. The number of aliphatic hydroxyl groups excluding tert-OH is 4. The quantitative estimate of drug-likeness (QED) is 0.209. The molecule has 0 unspecified atom stereocenters. The zero-order chi connectivity index (χ0) is 18.4. The van der Waals surface area contributed by atoms with E-state index in [0.29, 0.717) is 0 Å². The summed E-state index contributed by atoms with van der Waals surface area (Å²) in [6.45, 7) is 1.26. The molecule has 0 radical (unpaired) electrons. The SMILES string of the molecule is Cc1ccc(/C=C2\N=C(NN=C[C@H](O)[C@@H](O)[C@@H](O)CO)NC2=O)cc1. The van der Waals surface area contributed by atoms with E-state index in [1.54, 1.807) is 6.08 Å². The fourth-order valence-electron chi connectivity index (χ4n) is 1.94. The molecule has 9 heteroatoms. The molecular formula is C16H20N4O5. The van der Waals surface area contributed by atoms with Crippen molar-refractivity contribution in [2.24, 2.45) is 10.1 Å². The molecule has 6 N–H and O–H groups in total. The number of aliphatic imine (C=N–C) groups is 1. The minimum atomic E-state index is -1.59. The van der Waals surface area contributed by atoms with Crippen molar-refractivity contribution in [1.29, 1.82) is 0 Å². The highest BCUT2D eigenvalue weighted by Gasteiger charge is 2.23. The molecule has 0 aromatic heterocycles. The first-order chi connectivity index (χ1) is 11.9. The lowest BCUT2D eigenvalue weighted by Gasteiger charge is -2.17. The van der Waals surface area contributed by atoms with Gasteiger partial charge in [-0.25, -0.2) is 10.4 Å². The lowest BCUT2D eigenvalue weighted by molar-refractivity contribution is -0.115. The van der Waals surface area contributed by atoms with Gasteiger partial charge in [0, 0.05) is 0 Å². The van der Waals surface area contributed by atoms with E-state index in [-0.39, 0.29) is 11.7 Å². The molecule has 0 saturated carbocycles. The minimum Gasteiger partial charge on any atom is -0.394 e. The maximum absolute atomic E-state index is 11.9. The molecule has 0 saturated heterocycles. The van der Waals surface area contributed by atoms with Crippen LogP contribution in [-0.4, -0.2) is 63.4 Å². The molecular weight excluding hydrogens is 328 g/mol. The van der Waals surface area contributed by atoms with Crippen LogP contribution >= 0.6 is 0 Å². The van der Waals surface area contributed by atoms with Gasteiger partial charge < -0.3 is 20.4 Å². The second-order valence-corrected chi connectivity index (χ2v) is 5.48. The average molecular weight is 348 g/mol. The highest BCUT2D eigenvalue weighted by molar-refractivity contribution is 6.13. The Hall–Kier alpha value is -2.59. The molecule has 1 amide bonds. The van der Waals surface area contributed by atoms with Crippen LogP contribution in [0.1, 0.15) is 11.1 Å². The van der Waals surface area contributed by atoms with Gasteiger partial charge >= 0.3 is 0 Å². The maximum atomic E-state index is 11.9. The van der Waals surface area contributed by atoms with Gasteiger partial charge in [-0.05, 0) is 18.6 Å². The molecule has 25 heavy (non-hydrogen) atoms. The first-order valence-electron chi connectivity index (χ1n) is 7.53. The van der Waals surface area contributed by atoms with E-state index in [0.717, 1.165) is 17.3 Å². The maximum Gasteiger partial charge on any atom is 0.276 e. The van der Waals surface area contributed by atoms with E-state index in [1.807, 2.05) is 31.2 Å². The fourth-order valence-corrected chi connectivity index (χ4v) is 1.94. The van der Waals surface area contributed by atoms with Crippen LogP contribution in [0.25, 0.3) is 6.08 Å². The van der Waals surface area contributed by atoms with Crippen molar-refractivity contribution in [2.45, 2.75) is 25.2 Å². The van der Waals surface area contributed by atoms with Crippen molar-refractivity contribution in [1.82, 2.24) is 10.7 Å². The third-order valence-corrected chi connectivity index (χ3v) is 3.41. The van der Waals surface area contributed by atoms with Gasteiger partial charge in [0.25, 0.3) is 5.91 Å². The molecule has 1 aliphatic heterocycles. The second kappa shape index (κ2) is 8.49. The van der Waals surface area contributed by atoms with E-state index in [4.69, 9.17) is 5.11 Å². The van der Waals surface area contributed by atoms with Gasteiger partial charge in [0.15, 0.2) is 0 Å². The molecule has 1 aromatic carbocycles. The molecule has 0 bridgehead atoms. The number of aryl methyl sites for hydroxylation is 1. The van der Waals surface area contributed by atoms with Gasteiger partial charge in [0.1, 0.15) is 24.0 Å². The first-order valence-corrected chi connectivity index (χ1v) is 7.53. The van der Waals surface area contributed by atoms with Crippen molar-refractivity contribution in [3.8, 4) is 0 Å².